The van der Waals surface area contributed by atoms with Crippen molar-refractivity contribution in [1.82, 2.24) is 5.32 Å². The summed E-state index contributed by atoms with van der Waals surface area (Å²) >= 11 is 0. The molecule has 0 bridgehead atoms. The molecule has 0 aliphatic carbocycles. The molecule has 1 aliphatic rings. The first kappa shape index (κ1) is 14.2. The Morgan fingerprint density at radius 3 is 2.32 bits per heavy atom. The van der Waals surface area contributed by atoms with Gasteiger partial charge in [-0.3, -0.25) is 0 Å². The summed E-state index contributed by atoms with van der Waals surface area (Å²) in [6.45, 7) is 1.18. The molecule has 1 aliphatic heterocycles. The van der Waals surface area contributed by atoms with Crippen molar-refractivity contribution in [1.29, 1.82) is 0 Å². The Kier molecular flexibility index (Phi) is 3.80. The third-order valence-electron chi connectivity index (χ3n) is 3.56. The zero-order chi connectivity index (χ0) is 14.2. The summed E-state index contributed by atoms with van der Waals surface area (Å²) in [5, 5.41) is 2.65. The first-order chi connectivity index (χ1) is 8.80. The van der Waals surface area contributed by atoms with Crippen molar-refractivity contribution in [2.75, 3.05) is 6.54 Å². The normalized spacial score (nSPS) is 24.5. The Hall–Kier alpha value is -1.17. The molecule has 1 heterocycles. The molecule has 106 valence electrons. The molecule has 1 saturated heterocycles. The smallest absolute Gasteiger partial charge is 0.309 e. The maximum absolute atomic E-state index is 13.7. The number of nitrogens with one attached hydrogen (secondary N) is 1. The van der Waals surface area contributed by atoms with E-state index in [0.717, 1.165) is 0 Å². The van der Waals surface area contributed by atoms with Crippen molar-refractivity contribution in [3.8, 4) is 0 Å². The predicted molar refractivity (Wildman–Crippen MR) is 60.6 cm³/mol. The van der Waals surface area contributed by atoms with Crippen LogP contribution in [0.5, 0.6) is 0 Å². The average Bonchev–Trinajstić information content (AvgIpc) is 2.35. The number of piperidine rings is 1. The van der Waals surface area contributed by atoms with E-state index >= 15 is 0 Å². The zero-order valence-electron chi connectivity index (χ0n) is 10.3. The van der Waals surface area contributed by atoms with E-state index < -0.39 is 29.8 Å². The second kappa shape index (κ2) is 5.07. The molecule has 2 rings (SSSR count). The molecule has 1 aromatic rings. The molecule has 0 aromatic heterocycles. The number of rotatable bonds is 1. The molecule has 0 spiro atoms. The van der Waals surface area contributed by atoms with Crippen LogP contribution in [0.1, 0.15) is 30.0 Å². The monoisotopic (exact) mass is 279 g/mol. The standard InChI is InChI=1S/C13H14F5N/c1-7-2-4-9(12(15)11(7)14)10-5-3-8(6-19-10)13(16,17)18/h2,4,8,10,19H,3,5-6H2,1H3. The summed E-state index contributed by atoms with van der Waals surface area (Å²) < 4.78 is 64.6. The average molecular weight is 279 g/mol. The van der Waals surface area contributed by atoms with E-state index in [1.165, 1.54) is 19.1 Å². The molecule has 1 aromatic carbocycles. The van der Waals surface area contributed by atoms with Gasteiger partial charge in [0, 0.05) is 18.2 Å². The lowest BCUT2D eigenvalue weighted by molar-refractivity contribution is -0.179. The predicted octanol–water partition coefficient (Wildman–Crippen LogP) is 3.88. The molecule has 19 heavy (non-hydrogen) atoms. The minimum atomic E-state index is -4.24. The highest BCUT2D eigenvalue weighted by molar-refractivity contribution is 5.28. The highest BCUT2D eigenvalue weighted by atomic mass is 19.4. The number of hydrogen-bond acceptors (Lipinski definition) is 1. The molecular formula is C13H14F5N. The number of hydrogen-bond donors (Lipinski definition) is 1. The summed E-state index contributed by atoms with van der Waals surface area (Å²) in [6.07, 6.45) is -4.17. The van der Waals surface area contributed by atoms with E-state index in [1.807, 2.05) is 0 Å². The molecule has 0 radical (unpaired) electrons. The van der Waals surface area contributed by atoms with Gasteiger partial charge in [0.05, 0.1) is 5.92 Å². The van der Waals surface area contributed by atoms with Gasteiger partial charge in [-0.05, 0) is 25.3 Å². The minimum absolute atomic E-state index is 0.0733. The van der Waals surface area contributed by atoms with Crippen molar-refractivity contribution in [3.05, 3.63) is 34.9 Å². The van der Waals surface area contributed by atoms with Gasteiger partial charge < -0.3 is 5.32 Å². The largest absolute Gasteiger partial charge is 0.393 e. The van der Waals surface area contributed by atoms with Crippen molar-refractivity contribution in [2.24, 2.45) is 5.92 Å². The first-order valence-electron chi connectivity index (χ1n) is 6.05. The third-order valence-corrected chi connectivity index (χ3v) is 3.56. The van der Waals surface area contributed by atoms with Crippen LogP contribution in [-0.2, 0) is 0 Å². The van der Waals surface area contributed by atoms with Crippen LogP contribution in [0.3, 0.4) is 0 Å². The number of alkyl halides is 3. The highest BCUT2D eigenvalue weighted by Crippen LogP contribution is 2.36. The van der Waals surface area contributed by atoms with E-state index in [-0.39, 0.29) is 30.5 Å². The summed E-state index contributed by atoms with van der Waals surface area (Å²) in [5.74, 6) is -3.32. The van der Waals surface area contributed by atoms with E-state index in [2.05, 4.69) is 5.32 Å². The van der Waals surface area contributed by atoms with E-state index in [4.69, 9.17) is 0 Å². The number of aryl methyl sites for hydroxylation is 1. The van der Waals surface area contributed by atoms with Crippen LogP contribution in [0.25, 0.3) is 0 Å². The summed E-state index contributed by atoms with van der Waals surface area (Å²) in [6, 6.07) is 2.30. The fourth-order valence-corrected chi connectivity index (χ4v) is 2.33. The molecule has 0 saturated carbocycles. The topological polar surface area (TPSA) is 12.0 Å². The van der Waals surface area contributed by atoms with Gasteiger partial charge in [-0.25, -0.2) is 8.78 Å². The van der Waals surface area contributed by atoms with Gasteiger partial charge in [0.15, 0.2) is 11.6 Å². The van der Waals surface area contributed by atoms with E-state index in [1.54, 1.807) is 0 Å². The molecular weight excluding hydrogens is 265 g/mol. The lowest BCUT2D eigenvalue weighted by atomic mass is 9.90. The lowest BCUT2D eigenvalue weighted by Gasteiger charge is -2.31. The molecule has 2 unspecified atom stereocenters. The van der Waals surface area contributed by atoms with Gasteiger partial charge in [-0.2, -0.15) is 13.2 Å². The van der Waals surface area contributed by atoms with Crippen molar-refractivity contribution >= 4 is 0 Å². The van der Waals surface area contributed by atoms with Gasteiger partial charge >= 0.3 is 6.18 Å². The van der Waals surface area contributed by atoms with Crippen LogP contribution in [0.4, 0.5) is 22.0 Å². The lowest BCUT2D eigenvalue weighted by Crippen LogP contribution is -2.40. The fourth-order valence-electron chi connectivity index (χ4n) is 2.33. The summed E-state index contributed by atoms with van der Waals surface area (Å²) in [5.41, 5.74) is 0.286. The van der Waals surface area contributed by atoms with Crippen molar-refractivity contribution < 1.29 is 22.0 Å². The Morgan fingerprint density at radius 1 is 1.11 bits per heavy atom. The Bertz CT molecular complexity index is 461. The maximum Gasteiger partial charge on any atom is 0.393 e. The van der Waals surface area contributed by atoms with Gasteiger partial charge in [0.2, 0.25) is 0 Å². The van der Waals surface area contributed by atoms with Crippen LogP contribution in [0.15, 0.2) is 12.1 Å². The molecule has 0 amide bonds. The van der Waals surface area contributed by atoms with Gasteiger partial charge in [-0.1, -0.05) is 12.1 Å². The number of halogens is 5. The second-order valence-corrected chi connectivity index (χ2v) is 4.88. The van der Waals surface area contributed by atoms with Gasteiger partial charge in [-0.15, -0.1) is 0 Å². The maximum atomic E-state index is 13.7. The van der Waals surface area contributed by atoms with Crippen LogP contribution in [0.2, 0.25) is 0 Å². The SMILES string of the molecule is Cc1ccc(C2CCC(C(F)(F)F)CN2)c(F)c1F. The first-order valence-corrected chi connectivity index (χ1v) is 6.05. The Labute approximate surface area is 107 Å². The summed E-state index contributed by atoms with van der Waals surface area (Å²) in [4.78, 5) is 0. The molecule has 1 fully saturated rings. The van der Waals surface area contributed by atoms with Gasteiger partial charge in [0.25, 0.3) is 0 Å². The van der Waals surface area contributed by atoms with Crippen molar-refractivity contribution in [2.45, 2.75) is 32.0 Å². The van der Waals surface area contributed by atoms with Crippen LogP contribution in [0, 0.1) is 24.5 Å². The van der Waals surface area contributed by atoms with E-state index in [9.17, 15) is 22.0 Å². The minimum Gasteiger partial charge on any atom is -0.309 e. The molecule has 1 N–H and O–H groups in total. The number of benzene rings is 1. The highest BCUT2D eigenvalue weighted by Gasteiger charge is 2.41. The zero-order valence-corrected chi connectivity index (χ0v) is 10.3. The van der Waals surface area contributed by atoms with Crippen LogP contribution in [-0.4, -0.2) is 12.7 Å². The molecule has 2 atom stereocenters. The second-order valence-electron chi connectivity index (χ2n) is 4.88. The summed E-state index contributed by atoms with van der Waals surface area (Å²) in [7, 11) is 0. The quantitative estimate of drug-likeness (QED) is 0.769. The fraction of sp³-hybridized carbons (Fsp3) is 0.538. The molecule has 1 nitrogen and oxygen atoms in total. The Morgan fingerprint density at radius 2 is 1.79 bits per heavy atom. The van der Waals surface area contributed by atoms with Crippen molar-refractivity contribution in [3.63, 3.8) is 0 Å². The Balaban J connectivity index is 2.12. The molecule has 6 heteroatoms. The van der Waals surface area contributed by atoms with Gasteiger partial charge in [0.1, 0.15) is 0 Å². The van der Waals surface area contributed by atoms with Crippen LogP contribution >= 0.6 is 0 Å². The third kappa shape index (κ3) is 2.88. The van der Waals surface area contributed by atoms with Crippen LogP contribution < -0.4 is 5.32 Å². The van der Waals surface area contributed by atoms with E-state index in [0.29, 0.717) is 0 Å².